The molecule has 8 nitrogen and oxygen atoms in total. The van der Waals surface area contributed by atoms with Gasteiger partial charge < -0.3 is 14.8 Å². The molecule has 0 radical (unpaired) electrons. The fraction of sp³-hybridized carbons (Fsp3) is 0.130. The first kappa shape index (κ1) is 21.0. The van der Waals surface area contributed by atoms with Crippen molar-refractivity contribution in [1.29, 1.82) is 0 Å². The third kappa shape index (κ3) is 4.56. The number of methoxy groups -OCH3 is 1. The molecule has 0 fully saturated rings. The molecule has 0 saturated carbocycles. The van der Waals surface area contributed by atoms with E-state index in [1.165, 1.54) is 16.8 Å². The predicted octanol–water partition coefficient (Wildman–Crippen LogP) is 3.95. The fourth-order valence-corrected chi connectivity index (χ4v) is 3.07. The lowest BCUT2D eigenvalue weighted by Gasteiger charge is -2.13. The molecule has 0 aliphatic heterocycles. The second-order valence-corrected chi connectivity index (χ2v) is 6.88. The van der Waals surface area contributed by atoms with Crippen molar-refractivity contribution in [1.82, 2.24) is 20.0 Å². The summed E-state index contributed by atoms with van der Waals surface area (Å²) in [5.41, 5.74) is 2.69. The van der Waals surface area contributed by atoms with Crippen molar-refractivity contribution in [3.63, 3.8) is 0 Å². The van der Waals surface area contributed by atoms with E-state index >= 15 is 0 Å². The summed E-state index contributed by atoms with van der Waals surface area (Å²) in [6, 6.07) is 14.6. The van der Waals surface area contributed by atoms with E-state index in [4.69, 9.17) is 9.47 Å². The van der Waals surface area contributed by atoms with Gasteiger partial charge >= 0.3 is 0 Å². The lowest BCUT2D eigenvalue weighted by atomic mass is 10.2. The number of nitrogens with one attached hydrogen (secondary N) is 1. The summed E-state index contributed by atoms with van der Waals surface area (Å²) in [5.74, 6) is 0.218. The standard InChI is InChI=1S/C23H20FN5O3/c1-15-22(27-28-29(15)19-8-5-17(24)6-9-19)23(30)26-18-7-10-20(31-2)21(12-18)32-14-16-4-3-11-25-13-16/h3-13H,14H2,1-2H3,(H,26,30). The highest BCUT2D eigenvalue weighted by atomic mass is 19.1. The highest BCUT2D eigenvalue weighted by molar-refractivity contribution is 6.03. The van der Waals surface area contributed by atoms with Gasteiger partial charge in [0.1, 0.15) is 12.4 Å². The van der Waals surface area contributed by atoms with Gasteiger partial charge in [0, 0.05) is 29.7 Å². The summed E-state index contributed by atoms with van der Waals surface area (Å²) in [6.07, 6.45) is 3.40. The monoisotopic (exact) mass is 433 g/mol. The molecule has 0 aliphatic carbocycles. The number of anilines is 1. The molecule has 9 heteroatoms. The van der Waals surface area contributed by atoms with Crippen LogP contribution < -0.4 is 14.8 Å². The molecule has 0 atom stereocenters. The van der Waals surface area contributed by atoms with Crippen LogP contribution in [0, 0.1) is 12.7 Å². The van der Waals surface area contributed by atoms with Crippen molar-refractivity contribution >= 4 is 11.6 Å². The van der Waals surface area contributed by atoms with E-state index < -0.39 is 5.91 Å². The average molecular weight is 433 g/mol. The van der Waals surface area contributed by atoms with Gasteiger partial charge in [-0.25, -0.2) is 9.07 Å². The van der Waals surface area contributed by atoms with Crippen LogP contribution in [0.25, 0.3) is 5.69 Å². The number of hydrogen-bond donors (Lipinski definition) is 1. The number of carbonyl (C=O) groups is 1. The molecule has 0 aliphatic rings. The summed E-state index contributed by atoms with van der Waals surface area (Å²) < 4.78 is 25.9. The van der Waals surface area contributed by atoms with Crippen molar-refractivity contribution < 1.29 is 18.7 Å². The third-order valence-electron chi connectivity index (χ3n) is 4.72. The Balaban J connectivity index is 1.51. The second kappa shape index (κ2) is 9.25. The molecule has 4 rings (SSSR count). The van der Waals surface area contributed by atoms with E-state index in [1.54, 1.807) is 56.8 Å². The van der Waals surface area contributed by atoms with Gasteiger partial charge in [-0.1, -0.05) is 11.3 Å². The molecule has 1 amide bonds. The zero-order valence-corrected chi connectivity index (χ0v) is 17.4. The number of rotatable bonds is 7. The Bertz CT molecular complexity index is 1230. The van der Waals surface area contributed by atoms with E-state index in [9.17, 15) is 9.18 Å². The summed E-state index contributed by atoms with van der Waals surface area (Å²) in [5, 5.41) is 10.8. The first-order chi connectivity index (χ1) is 15.5. The van der Waals surface area contributed by atoms with Crippen LogP contribution in [-0.2, 0) is 6.61 Å². The van der Waals surface area contributed by atoms with Crippen LogP contribution in [0.15, 0.2) is 67.0 Å². The van der Waals surface area contributed by atoms with Crippen molar-refractivity contribution in [3.05, 3.63) is 89.8 Å². The van der Waals surface area contributed by atoms with Gasteiger partial charge in [0.15, 0.2) is 17.2 Å². The molecular formula is C23H20FN5O3. The zero-order chi connectivity index (χ0) is 22.5. The first-order valence-corrected chi connectivity index (χ1v) is 9.74. The number of carbonyl (C=O) groups excluding carboxylic acids is 1. The normalized spacial score (nSPS) is 10.6. The van der Waals surface area contributed by atoms with Gasteiger partial charge in [0.2, 0.25) is 0 Å². The van der Waals surface area contributed by atoms with Crippen LogP contribution in [-0.4, -0.2) is 33.0 Å². The maximum absolute atomic E-state index is 13.2. The predicted molar refractivity (Wildman–Crippen MR) is 116 cm³/mol. The highest BCUT2D eigenvalue weighted by Gasteiger charge is 2.18. The quantitative estimate of drug-likeness (QED) is 0.475. The number of pyridine rings is 1. The molecule has 2 aromatic heterocycles. The molecule has 0 bridgehead atoms. The molecular weight excluding hydrogens is 413 g/mol. The summed E-state index contributed by atoms with van der Waals surface area (Å²) in [7, 11) is 1.54. The molecule has 2 heterocycles. The van der Waals surface area contributed by atoms with E-state index in [-0.39, 0.29) is 11.5 Å². The van der Waals surface area contributed by atoms with Gasteiger partial charge in [-0.05, 0) is 49.4 Å². The number of aromatic nitrogens is 4. The Hall–Kier alpha value is -4.27. The topological polar surface area (TPSA) is 91.2 Å². The Morgan fingerprint density at radius 1 is 1.12 bits per heavy atom. The Kier molecular flexibility index (Phi) is 6.07. The summed E-state index contributed by atoms with van der Waals surface area (Å²) >= 11 is 0. The van der Waals surface area contributed by atoms with Crippen LogP contribution in [0.5, 0.6) is 11.5 Å². The number of nitrogens with zero attached hydrogens (tertiary/aromatic N) is 4. The zero-order valence-electron chi connectivity index (χ0n) is 17.4. The van der Waals surface area contributed by atoms with Crippen molar-refractivity contribution in [3.8, 4) is 17.2 Å². The molecule has 32 heavy (non-hydrogen) atoms. The van der Waals surface area contributed by atoms with Crippen molar-refractivity contribution in [2.75, 3.05) is 12.4 Å². The second-order valence-electron chi connectivity index (χ2n) is 6.88. The average Bonchev–Trinajstić information content (AvgIpc) is 3.20. The van der Waals surface area contributed by atoms with E-state index in [2.05, 4.69) is 20.6 Å². The maximum atomic E-state index is 13.2. The number of ether oxygens (including phenoxy) is 2. The smallest absolute Gasteiger partial charge is 0.278 e. The number of benzene rings is 2. The molecule has 0 spiro atoms. The minimum atomic E-state index is -0.431. The van der Waals surface area contributed by atoms with Gasteiger partial charge in [0.05, 0.1) is 18.5 Å². The van der Waals surface area contributed by atoms with Gasteiger partial charge in [-0.3, -0.25) is 9.78 Å². The van der Waals surface area contributed by atoms with Crippen LogP contribution in [0.1, 0.15) is 21.7 Å². The lowest BCUT2D eigenvalue weighted by Crippen LogP contribution is -2.14. The molecule has 1 N–H and O–H groups in total. The minimum absolute atomic E-state index is 0.156. The lowest BCUT2D eigenvalue weighted by molar-refractivity contribution is 0.102. The summed E-state index contributed by atoms with van der Waals surface area (Å²) in [6.45, 7) is 2.02. The van der Waals surface area contributed by atoms with Crippen LogP contribution in [0.3, 0.4) is 0 Å². The van der Waals surface area contributed by atoms with Crippen LogP contribution in [0.2, 0.25) is 0 Å². The van der Waals surface area contributed by atoms with Crippen molar-refractivity contribution in [2.45, 2.75) is 13.5 Å². The van der Waals surface area contributed by atoms with Gasteiger partial charge in [-0.15, -0.1) is 5.10 Å². The van der Waals surface area contributed by atoms with E-state index in [1.807, 2.05) is 12.1 Å². The highest BCUT2D eigenvalue weighted by Crippen LogP contribution is 2.31. The minimum Gasteiger partial charge on any atom is -0.493 e. The largest absolute Gasteiger partial charge is 0.493 e. The van der Waals surface area contributed by atoms with E-state index in [0.29, 0.717) is 35.2 Å². The number of halogens is 1. The molecule has 4 aromatic rings. The molecule has 162 valence electrons. The fourth-order valence-electron chi connectivity index (χ4n) is 3.07. The van der Waals surface area contributed by atoms with Gasteiger partial charge in [-0.2, -0.15) is 0 Å². The molecule has 0 unspecified atom stereocenters. The molecule has 2 aromatic carbocycles. The SMILES string of the molecule is COc1ccc(NC(=O)c2nnn(-c3ccc(F)cc3)c2C)cc1OCc1cccnc1. The van der Waals surface area contributed by atoms with E-state index in [0.717, 1.165) is 5.56 Å². The third-order valence-corrected chi connectivity index (χ3v) is 4.72. The molecule has 0 saturated heterocycles. The van der Waals surface area contributed by atoms with Gasteiger partial charge in [0.25, 0.3) is 5.91 Å². The maximum Gasteiger partial charge on any atom is 0.278 e. The number of hydrogen-bond acceptors (Lipinski definition) is 6. The Morgan fingerprint density at radius 2 is 1.94 bits per heavy atom. The van der Waals surface area contributed by atoms with Crippen LogP contribution in [0.4, 0.5) is 10.1 Å². The Morgan fingerprint density at radius 3 is 2.66 bits per heavy atom. The van der Waals surface area contributed by atoms with Crippen LogP contribution >= 0.6 is 0 Å². The first-order valence-electron chi connectivity index (χ1n) is 9.74. The number of amides is 1. The van der Waals surface area contributed by atoms with Crippen molar-refractivity contribution in [2.24, 2.45) is 0 Å². The Labute approximate surface area is 183 Å². The summed E-state index contributed by atoms with van der Waals surface area (Å²) in [4.78, 5) is 16.9.